The van der Waals surface area contributed by atoms with Crippen molar-refractivity contribution >= 4 is 35.1 Å². The smallest absolute Gasteiger partial charge is 0.338 e. The van der Waals surface area contributed by atoms with Crippen LogP contribution in [0.2, 0.25) is 0 Å². The second kappa shape index (κ2) is 13.0. The number of anilines is 2. The largest absolute Gasteiger partial charge is 0.462 e. The Morgan fingerprint density at radius 1 is 0.848 bits per heavy atom. The highest BCUT2D eigenvalue weighted by Gasteiger charge is 2.13. The molecule has 0 radical (unpaired) electrons. The maximum Gasteiger partial charge on any atom is 0.338 e. The highest BCUT2D eigenvalue weighted by molar-refractivity contribution is 5.95. The number of rotatable bonds is 11. The molecule has 0 aliphatic carbocycles. The Labute approximate surface area is 193 Å². The zero-order valence-electron chi connectivity index (χ0n) is 19.2. The summed E-state index contributed by atoms with van der Waals surface area (Å²) in [6.45, 7) is 5.78. The molecule has 2 rings (SSSR count). The minimum Gasteiger partial charge on any atom is -0.462 e. The number of carbonyl (C=O) groups excluding carboxylic acids is 4. The molecular weight excluding hydrogens is 424 g/mol. The highest BCUT2D eigenvalue weighted by Crippen LogP contribution is 2.17. The summed E-state index contributed by atoms with van der Waals surface area (Å²) >= 11 is 0. The number of esters is 2. The summed E-state index contributed by atoms with van der Waals surface area (Å²) in [6, 6.07) is 11.8. The fraction of sp³-hybridized carbons (Fsp3) is 0.360. The number of carbonyl (C=O) groups is 4. The first-order valence-electron chi connectivity index (χ1n) is 10.9. The Bertz CT molecular complexity index is 985. The van der Waals surface area contributed by atoms with Crippen LogP contribution < -0.4 is 10.6 Å². The summed E-state index contributed by atoms with van der Waals surface area (Å²) in [6.07, 6.45) is 1.48. The molecule has 176 valence electrons. The van der Waals surface area contributed by atoms with Crippen LogP contribution in [0.1, 0.15) is 54.1 Å². The monoisotopic (exact) mass is 454 g/mol. The van der Waals surface area contributed by atoms with Gasteiger partial charge in [0.05, 0.1) is 18.6 Å². The van der Waals surface area contributed by atoms with Crippen LogP contribution in [0, 0.1) is 13.8 Å². The number of amides is 2. The van der Waals surface area contributed by atoms with Gasteiger partial charge < -0.3 is 20.1 Å². The molecule has 8 nitrogen and oxygen atoms in total. The quantitative estimate of drug-likeness (QED) is 0.390. The maximum atomic E-state index is 12.1. The third-order valence-corrected chi connectivity index (χ3v) is 4.93. The van der Waals surface area contributed by atoms with Gasteiger partial charge in [-0.3, -0.25) is 14.4 Å². The van der Waals surface area contributed by atoms with Gasteiger partial charge in [-0.2, -0.15) is 0 Å². The molecule has 2 N–H and O–H groups in total. The number of benzene rings is 2. The van der Waals surface area contributed by atoms with E-state index in [4.69, 9.17) is 9.47 Å². The van der Waals surface area contributed by atoms with Crippen molar-refractivity contribution in [3.8, 4) is 0 Å². The second-order valence-corrected chi connectivity index (χ2v) is 7.57. The van der Waals surface area contributed by atoms with Gasteiger partial charge in [0.1, 0.15) is 0 Å². The van der Waals surface area contributed by atoms with Crippen LogP contribution in [0.15, 0.2) is 42.5 Å². The number of ether oxygens (including phenoxy) is 2. The molecule has 2 aromatic carbocycles. The minimum absolute atomic E-state index is 0.0990. The summed E-state index contributed by atoms with van der Waals surface area (Å²) in [5.74, 6) is -1.89. The van der Waals surface area contributed by atoms with Gasteiger partial charge in [-0.25, -0.2) is 4.79 Å². The molecule has 2 amide bonds. The van der Waals surface area contributed by atoms with E-state index in [1.807, 2.05) is 32.9 Å². The fourth-order valence-electron chi connectivity index (χ4n) is 2.81. The van der Waals surface area contributed by atoms with Gasteiger partial charge in [0, 0.05) is 17.8 Å². The van der Waals surface area contributed by atoms with Gasteiger partial charge in [0.2, 0.25) is 5.91 Å². The van der Waals surface area contributed by atoms with E-state index < -0.39 is 24.5 Å². The summed E-state index contributed by atoms with van der Waals surface area (Å²) in [5.41, 5.74) is 3.53. The van der Waals surface area contributed by atoms with Gasteiger partial charge in [-0.05, 0) is 61.7 Å². The van der Waals surface area contributed by atoms with Crippen LogP contribution in [-0.2, 0) is 23.9 Å². The number of unbranched alkanes of at least 4 members (excludes halogenated alkanes) is 1. The van der Waals surface area contributed by atoms with E-state index in [0.29, 0.717) is 23.5 Å². The molecule has 0 saturated heterocycles. The highest BCUT2D eigenvalue weighted by atomic mass is 16.5. The average molecular weight is 455 g/mol. The van der Waals surface area contributed by atoms with Crippen molar-refractivity contribution in [1.82, 2.24) is 0 Å². The van der Waals surface area contributed by atoms with E-state index in [2.05, 4.69) is 10.6 Å². The molecule has 2 aromatic rings. The molecule has 0 spiro atoms. The van der Waals surface area contributed by atoms with Crippen molar-refractivity contribution < 1.29 is 28.7 Å². The van der Waals surface area contributed by atoms with Crippen LogP contribution in [-0.4, -0.2) is 37.0 Å². The average Bonchev–Trinajstić information content (AvgIpc) is 2.80. The van der Waals surface area contributed by atoms with E-state index in [1.54, 1.807) is 30.3 Å². The van der Waals surface area contributed by atoms with Gasteiger partial charge in [-0.1, -0.05) is 25.5 Å². The Hall–Kier alpha value is -3.68. The minimum atomic E-state index is -0.647. The van der Waals surface area contributed by atoms with Crippen LogP contribution in [0.5, 0.6) is 0 Å². The first kappa shape index (κ1) is 25.6. The van der Waals surface area contributed by atoms with E-state index >= 15 is 0 Å². The lowest BCUT2D eigenvalue weighted by Crippen LogP contribution is -2.22. The van der Waals surface area contributed by atoms with E-state index in [0.717, 1.165) is 24.0 Å². The normalized spacial score (nSPS) is 10.3. The number of hydrogen-bond acceptors (Lipinski definition) is 6. The molecule has 0 heterocycles. The Balaban J connectivity index is 1.70. The van der Waals surface area contributed by atoms with Gasteiger partial charge in [0.25, 0.3) is 5.91 Å². The van der Waals surface area contributed by atoms with Gasteiger partial charge >= 0.3 is 11.9 Å². The number of hydrogen-bond donors (Lipinski definition) is 2. The fourth-order valence-corrected chi connectivity index (χ4v) is 2.81. The van der Waals surface area contributed by atoms with Crippen molar-refractivity contribution in [1.29, 1.82) is 0 Å². The van der Waals surface area contributed by atoms with E-state index in [1.165, 1.54) is 0 Å². The third-order valence-electron chi connectivity index (χ3n) is 4.93. The van der Waals surface area contributed by atoms with Gasteiger partial charge in [0.15, 0.2) is 6.61 Å². The standard InChI is InChI=1S/C25H30N2O6/c1-4-5-15-32-25(31)19-9-11-20(12-10-19)26-22(28)13-14-24(30)33-16-23(29)27-21-8-6-7-17(2)18(21)3/h6-12H,4-5,13-16H2,1-3H3,(H,26,28)(H,27,29). The predicted octanol–water partition coefficient (Wildman–Crippen LogP) is 4.16. The molecule has 0 saturated carbocycles. The lowest BCUT2D eigenvalue weighted by Gasteiger charge is -2.10. The molecule has 0 unspecified atom stereocenters. The summed E-state index contributed by atoms with van der Waals surface area (Å²) < 4.78 is 10.1. The molecule has 0 aromatic heterocycles. The second-order valence-electron chi connectivity index (χ2n) is 7.57. The lowest BCUT2D eigenvalue weighted by molar-refractivity contribution is -0.147. The Kier molecular flexibility index (Phi) is 10.1. The van der Waals surface area contributed by atoms with Crippen molar-refractivity contribution in [2.45, 2.75) is 46.5 Å². The van der Waals surface area contributed by atoms with Crippen molar-refractivity contribution in [2.24, 2.45) is 0 Å². The van der Waals surface area contributed by atoms with Crippen molar-refractivity contribution in [3.63, 3.8) is 0 Å². The first-order chi connectivity index (χ1) is 15.8. The molecule has 33 heavy (non-hydrogen) atoms. The molecule has 8 heteroatoms. The predicted molar refractivity (Wildman–Crippen MR) is 125 cm³/mol. The third kappa shape index (κ3) is 8.76. The Morgan fingerprint density at radius 3 is 2.27 bits per heavy atom. The van der Waals surface area contributed by atoms with E-state index in [9.17, 15) is 19.2 Å². The van der Waals surface area contributed by atoms with Gasteiger partial charge in [-0.15, -0.1) is 0 Å². The zero-order chi connectivity index (χ0) is 24.2. The maximum absolute atomic E-state index is 12.1. The van der Waals surface area contributed by atoms with E-state index in [-0.39, 0.29) is 18.7 Å². The lowest BCUT2D eigenvalue weighted by atomic mass is 10.1. The summed E-state index contributed by atoms with van der Waals surface area (Å²) in [7, 11) is 0. The van der Waals surface area contributed by atoms with Crippen LogP contribution in [0.4, 0.5) is 11.4 Å². The SMILES string of the molecule is CCCCOC(=O)c1ccc(NC(=O)CCC(=O)OCC(=O)Nc2cccc(C)c2C)cc1. The summed E-state index contributed by atoms with van der Waals surface area (Å²) in [4.78, 5) is 47.8. The van der Waals surface area contributed by atoms with Crippen LogP contribution in [0.3, 0.4) is 0 Å². The zero-order valence-corrected chi connectivity index (χ0v) is 19.2. The first-order valence-corrected chi connectivity index (χ1v) is 10.9. The number of aryl methyl sites for hydroxylation is 1. The van der Waals surface area contributed by atoms with Crippen molar-refractivity contribution in [3.05, 3.63) is 59.2 Å². The molecule has 0 atom stereocenters. The number of nitrogens with one attached hydrogen (secondary N) is 2. The van der Waals surface area contributed by atoms with Crippen molar-refractivity contribution in [2.75, 3.05) is 23.8 Å². The molecule has 0 aliphatic heterocycles. The topological polar surface area (TPSA) is 111 Å². The summed E-state index contributed by atoms with van der Waals surface area (Å²) in [5, 5.41) is 5.35. The molecule has 0 bridgehead atoms. The van der Waals surface area contributed by atoms with Crippen LogP contribution in [0.25, 0.3) is 0 Å². The molecule has 0 aliphatic rings. The molecular formula is C25H30N2O6. The molecule has 0 fully saturated rings. The van der Waals surface area contributed by atoms with Crippen LogP contribution >= 0.6 is 0 Å². The Morgan fingerprint density at radius 2 is 1.58 bits per heavy atom.